The molecule has 1 saturated heterocycles. The second-order valence-electron chi connectivity index (χ2n) is 6.41. The third kappa shape index (κ3) is 5.05. The molecule has 0 radical (unpaired) electrons. The van der Waals surface area contributed by atoms with Crippen LogP contribution in [-0.4, -0.2) is 42.2 Å². The molecule has 0 bridgehead atoms. The summed E-state index contributed by atoms with van der Waals surface area (Å²) < 4.78 is 52.2. The van der Waals surface area contributed by atoms with Gasteiger partial charge in [0.05, 0.1) is 6.17 Å². The van der Waals surface area contributed by atoms with Gasteiger partial charge in [-0.15, -0.1) is 0 Å². The second-order valence-corrected chi connectivity index (χ2v) is 6.41. The number of halogens is 4. The highest BCUT2D eigenvalue weighted by molar-refractivity contribution is 5.89. The Labute approximate surface area is 152 Å². The first-order valence-electron chi connectivity index (χ1n) is 8.30. The zero-order valence-corrected chi connectivity index (χ0v) is 14.0. The minimum absolute atomic E-state index is 0.162. The Morgan fingerprint density at radius 2 is 2.00 bits per heavy atom. The van der Waals surface area contributed by atoms with E-state index in [0.29, 0.717) is 12.2 Å². The van der Waals surface area contributed by atoms with E-state index < -0.39 is 43.4 Å². The largest absolute Gasteiger partial charge is 0.404 e. The van der Waals surface area contributed by atoms with Gasteiger partial charge >= 0.3 is 12.2 Å². The summed E-state index contributed by atoms with van der Waals surface area (Å²) >= 11 is 0. The molecule has 4 unspecified atom stereocenters. The third-order valence-corrected chi connectivity index (χ3v) is 4.41. The number of carbonyl (C=O) groups excluding carboxylic acids is 1. The normalized spacial score (nSPS) is 28.3. The number of rotatable bonds is 3. The highest BCUT2D eigenvalue weighted by atomic mass is 19.4. The van der Waals surface area contributed by atoms with Gasteiger partial charge < -0.3 is 15.8 Å². The van der Waals surface area contributed by atoms with Crippen molar-refractivity contribution in [3.05, 3.63) is 29.3 Å². The van der Waals surface area contributed by atoms with Crippen molar-refractivity contribution < 1.29 is 27.6 Å². The smallest absolute Gasteiger partial charge is 0.315 e. The van der Waals surface area contributed by atoms with Crippen LogP contribution in [0.25, 0.3) is 0 Å². The third-order valence-electron chi connectivity index (χ3n) is 4.41. The van der Waals surface area contributed by atoms with Crippen LogP contribution >= 0.6 is 0 Å². The first-order chi connectivity index (χ1) is 12.7. The van der Waals surface area contributed by atoms with Gasteiger partial charge in [-0.2, -0.15) is 18.7 Å². The lowest BCUT2D eigenvalue weighted by Gasteiger charge is -2.37. The molecule has 0 aromatic heterocycles. The highest BCUT2D eigenvalue weighted by Gasteiger charge is 2.45. The van der Waals surface area contributed by atoms with Crippen LogP contribution in [0, 0.1) is 0 Å². The Morgan fingerprint density at radius 3 is 2.70 bits per heavy atom. The SMILES string of the molecule is O=C(Nc1ccc2c(c1)CC(F)NC2)NC1NC(NO)CC(C(F)(F)F)N1. The molecule has 0 saturated carbocycles. The number of anilines is 1. The van der Waals surface area contributed by atoms with Crippen LogP contribution in [0.3, 0.4) is 0 Å². The van der Waals surface area contributed by atoms with Crippen molar-refractivity contribution in [1.82, 2.24) is 26.7 Å². The maximum Gasteiger partial charge on any atom is 0.404 e. The molecular weight excluding hydrogens is 372 g/mol. The van der Waals surface area contributed by atoms with Crippen molar-refractivity contribution >= 4 is 11.7 Å². The molecule has 0 aliphatic carbocycles. The second kappa shape index (κ2) is 7.94. The average molecular weight is 392 g/mol. The molecule has 27 heavy (non-hydrogen) atoms. The zero-order chi connectivity index (χ0) is 19.6. The van der Waals surface area contributed by atoms with E-state index in [2.05, 4.69) is 26.6 Å². The number of nitrogens with one attached hydrogen (secondary N) is 6. The molecule has 2 heterocycles. The Kier molecular flexibility index (Phi) is 5.81. The summed E-state index contributed by atoms with van der Waals surface area (Å²) in [6, 6.07) is 2.32. The summed E-state index contributed by atoms with van der Waals surface area (Å²) in [5, 5.41) is 21.2. The Hall–Kier alpha value is -1.99. The summed E-state index contributed by atoms with van der Waals surface area (Å²) in [5.74, 6) is 0. The number of amides is 2. The van der Waals surface area contributed by atoms with Crippen molar-refractivity contribution in [2.45, 2.75) is 50.4 Å². The Bertz CT molecular complexity index is 689. The Balaban J connectivity index is 1.61. The predicted octanol–water partition coefficient (Wildman–Crippen LogP) is 0.852. The molecule has 1 aromatic rings. The lowest BCUT2D eigenvalue weighted by molar-refractivity contribution is -0.170. The number of urea groups is 1. The van der Waals surface area contributed by atoms with Gasteiger partial charge in [0.25, 0.3) is 0 Å². The number of benzene rings is 1. The van der Waals surface area contributed by atoms with Crippen LogP contribution in [0.2, 0.25) is 0 Å². The summed E-state index contributed by atoms with van der Waals surface area (Å²) in [6.07, 6.45) is -8.28. The summed E-state index contributed by atoms with van der Waals surface area (Å²) in [6.45, 7) is 0.382. The monoisotopic (exact) mass is 392 g/mol. The standard InChI is InChI=1S/C15H20F4N6O2/c16-11-4-8-3-9(2-1-7(8)6-20-11)21-14(26)24-13-22-10(15(17,18)19)5-12(23-13)25-27/h1-3,10-13,20,22-23,25,27H,4-6H2,(H2,21,24,26). The minimum Gasteiger partial charge on any atom is -0.315 e. The average Bonchev–Trinajstić information content (AvgIpc) is 2.60. The van der Waals surface area contributed by atoms with E-state index >= 15 is 0 Å². The van der Waals surface area contributed by atoms with Gasteiger partial charge in [0.2, 0.25) is 0 Å². The van der Waals surface area contributed by atoms with Gasteiger partial charge in [-0.25, -0.2) is 9.18 Å². The number of hydrogen-bond donors (Lipinski definition) is 7. The molecule has 7 N–H and O–H groups in total. The minimum atomic E-state index is -4.54. The number of alkyl halides is 4. The van der Waals surface area contributed by atoms with E-state index in [1.165, 1.54) is 0 Å². The number of hydrogen-bond acceptors (Lipinski definition) is 6. The fourth-order valence-corrected chi connectivity index (χ4v) is 3.07. The van der Waals surface area contributed by atoms with Crippen molar-refractivity contribution in [2.24, 2.45) is 0 Å². The molecule has 2 aliphatic heterocycles. The number of fused-ring (bicyclic) bond motifs is 1. The molecule has 150 valence electrons. The highest BCUT2D eigenvalue weighted by Crippen LogP contribution is 2.25. The lowest BCUT2D eigenvalue weighted by atomic mass is 10.00. The van der Waals surface area contributed by atoms with E-state index in [1.807, 2.05) is 0 Å². The van der Waals surface area contributed by atoms with E-state index in [4.69, 9.17) is 5.21 Å². The van der Waals surface area contributed by atoms with Crippen LogP contribution < -0.4 is 32.1 Å². The topological polar surface area (TPSA) is 109 Å². The molecule has 1 fully saturated rings. The summed E-state index contributed by atoms with van der Waals surface area (Å²) in [7, 11) is 0. The maximum absolute atomic E-state index is 13.4. The van der Waals surface area contributed by atoms with Crippen LogP contribution in [0.4, 0.5) is 28.0 Å². The lowest BCUT2D eigenvalue weighted by Crippen LogP contribution is -2.70. The van der Waals surface area contributed by atoms with Gasteiger partial charge in [0.15, 0.2) is 6.30 Å². The molecule has 2 amide bonds. The fraction of sp³-hybridized carbons (Fsp3) is 0.533. The quantitative estimate of drug-likeness (QED) is 0.234. The molecule has 8 nitrogen and oxygen atoms in total. The van der Waals surface area contributed by atoms with Crippen molar-refractivity contribution in [1.29, 1.82) is 0 Å². The first kappa shape index (κ1) is 19.8. The van der Waals surface area contributed by atoms with Crippen molar-refractivity contribution in [2.75, 3.05) is 5.32 Å². The van der Waals surface area contributed by atoms with E-state index in [9.17, 15) is 22.4 Å². The number of hydroxylamine groups is 1. The summed E-state index contributed by atoms with van der Waals surface area (Å²) in [5.41, 5.74) is 3.78. The molecule has 12 heteroatoms. The van der Waals surface area contributed by atoms with Gasteiger partial charge in [-0.05, 0) is 23.3 Å². The molecule has 2 aliphatic rings. The van der Waals surface area contributed by atoms with E-state index in [0.717, 1.165) is 11.1 Å². The van der Waals surface area contributed by atoms with Gasteiger partial charge in [0.1, 0.15) is 12.3 Å². The van der Waals surface area contributed by atoms with Crippen LogP contribution in [-0.2, 0) is 13.0 Å². The molecule has 1 aromatic carbocycles. The predicted molar refractivity (Wildman–Crippen MR) is 87.3 cm³/mol. The van der Waals surface area contributed by atoms with E-state index in [-0.39, 0.29) is 6.42 Å². The van der Waals surface area contributed by atoms with Crippen LogP contribution in [0.15, 0.2) is 18.2 Å². The molecular formula is C15H20F4N6O2. The molecule has 4 atom stereocenters. The molecule has 0 spiro atoms. The van der Waals surface area contributed by atoms with Crippen molar-refractivity contribution in [3.63, 3.8) is 0 Å². The molecule has 3 rings (SSSR count). The van der Waals surface area contributed by atoms with Crippen molar-refractivity contribution in [3.8, 4) is 0 Å². The maximum atomic E-state index is 13.4. The van der Waals surface area contributed by atoms with Crippen LogP contribution in [0.5, 0.6) is 0 Å². The van der Waals surface area contributed by atoms with Gasteiger partial charge in [-0.1, -0.05) is 6.07 Å². The van der Waals surface area contributed by atoms with Gasteiger partial charge in [0, 0.05) is 25.1 Å². The van der Waals surface area contributed by atoms with Gasteiger partial charge in [-0.3, -0.25) is 16.0 Å². The summed E-state index contributed by atoms with van der Waals surface area (Å²) in [4.78, 5) is 12.1. The number of carbonyl (C=O) groups is 1. The Morgan fingerprint density at radius 1 is 1.22 bits per heavy atom. The zero-order valence-electron chi connectivity index (χ0n) is 14.0. The fourth-order valence-electron chi connectivity index (χ4n) is 3.07. The van der Waals surface area contributed by atoms with E-state index in [1.54, 1.807) is 23.7 Å². The van der Waals surface area contributed by atoms with Crippen LogP contribution in [0.1, 0.15) is 17.5 Å². The first-order valence-corrected chi connectivity index (χ1v) is 8.30.